The van der Waals surface area contributed by atoms with Gasteiger partial charge in [-0.05, 0) is 12.5 Å². The van der Waals surface area contributed by atoms with Gasteiger partial charge in [0, 0.05) is 13.5 Å². The van der Waals surface area contributed by atoms with Crippen LogP contribution in [0.1, 0.15) is 12.8 Å². The van der Waals surface area contributed by atoms with E-state index in [0.717, 1.165) is 0 Å². The van der Waals surface area contributed by atoms with Crippen molar-refractivity contribution >= 4 is 5.78 Å². The number of hydrogen-bond acceptors (Lipinski definition) is 3. The summed E-state index contributed by atoms with van der Waals surface area (Å²) in [6.45, 7) is 0. The Bertz CT molecular complexity index is 174. The molecule has 2 atom stereocenters. The summed E-state index contributed by atoms with van der Waals surface area (Å²) in [7, 11) is 1.54. The Balaban J connectivity index is 2.60. The fraction of sp³-hybridized carbons (Fsp3) is 0.625. The van der Waals surface area contributed by atoms with Crippen LogP contribution in [0.2, 0.25) is 0 Å². The van der Waals surface area contributed by atoms with Crippen molar-refractivity contribution in [3.8, 4) is 0 Å². The lowest BCUT2D eigenvalue weighted by molar-refractivity contribution is -0.115. The maximum atomic E-state index is 10.8. The van der Waals surface area contributed by atoms with Gasteiger partial charge in [-0.2, -0.15) is 0 Å². The zero-order valence-electron chi connectivity index (χ0n) is 6.49. The highest BCUT2D eigenvalue weighted by Gasteiger charge is 2.19. The van der Waals surface area contributed by atoms with Crippen molar-refractivity contribution in [1.82, 2.24) is 0 Å². The summed E-state index contributed by atoms with van der Waals surface area (Å²) in [6, 6.07) is 0. The van der Waals surface area contributed by atoms with Gasteiger partial charge in [0.1, 0.15) is 0 Å². The highest BCUT2D eigenvalue weighted by molar-refractivity contribution is 5.89. The standard InChI is InChI=1S/C8H12O3/c1-11-8-5-3-6(9)2-4-7(8)10/h2,4,7-8,10H,3,5H2,1H3. The Hall–Kier alpha value is -0.670. The third kappa shape index (κ3) is 2.13. The van der Waals surface area contributed by atoms with E-state index < -0.39 is 6.10 Å². The number of aliphatic hydroxyl groups excluding tert-OH is 1. The second-order valence-electron chi connectivity index (χ2n) is 2.63. The van der Waals surface area contributed by atoms with Crippen LogP contribution in [0.5, 0.6) is 0 Å². The molecule has 3 heteroatoms. The average molecular weight is 156 g/mol. The van der Waals surface area contributed by atoms with Gasteiger partial charge in [0.15, 0.2) is 5.78 Å². The summed E-state index contributed by atoms with van der Waals surface area (Å²) in [5.41, 5.74) is 0. The van der Waals surface area contributed by atoms with Crippen molar-refractivity contribution in [2.45, 2.75) is 25.0 Å². The number of hydrogen-bond donors (Lipinski definition) is 1. The summed E-state index contributed by atoms with van der Waals surface area (Å²) < 4.78 is 4.98. The molecule has 1 aliphatic carbocycles. The van der Waals surface area contributed by atoms with Crippen LogP contribution in [0.15, 0.2) is 12.2 Å². The number of ether oxygens (including phenoxy) is 1. The van der Waals surface area contributed by atoms with Crippen LogP contribution in [-0.2, 0) is 9.53 Å². The summed E-state index contributed by atoms with van der Waals surface area (Å²) >= 11 is 0. The average Bonchev–Trinajstić information content (AvgIpc) is 2.15. The van der Waals surface area contributed by atoms with Gasteiger partial charge in [0.25, 0.3) is 0 Å². The molecule has 0 saturated carbocycles. The normalized spacial score (nSPS) is 32.0. The van der Waals surface area contributed by atoms with E-state index in [2.05, 4.69) is 0 Å². The molecular weight excluding hydrogens is 144 g/mol. The van der Waals surface area contributed by atoms with E-state index in [0.29, 0.717) is 12.8 Å². The Morgan fingerprint density at radius 1 is 1.73 bits per heavy atom. The molecule has 0 saturated heterocycles. The van der Waals surface area contributed by atoms with Crippen LogP contribution >= 0.6 is 0 Å². The Kier molecular flexibility index (Phi) is 2.79. The summed E-state index contributed by atoms with van der Waals surface area (Å²) in [5, 5.41) is 9.30. The summed E-state index contributed by atoms with van der Waals surface area (Å²) in [4.78, 5) is 10.8. The van der Waals surface area contributed by atoms with Crippen LogP contribution in [0.25, 0.3) is 0 Å². The Morgan fingerprint density at radius 2 is 2.45 bits per heavy atom. The Morgan fingerprint density at radius 3 is 3.09 bits per heavy atom. The molecule has 0 spiro atoms. The largest absolute Gasteiger partial charge is 0.386 e. The highest BCUT2D eigenvalue weighted by atomic mass is 16.5. The third-order valence-corrected chi connectivity index (χ3v) is 1.84. The molecule has 0 aromatic rings. The van der Waals surface area contributed by atoms with Crippen LogP contribution < -0.4 is 0 Å². The number of ketones is 1. The van der Waals surface area contributed by atoms with E-state index >= 15 is 0 Å². The minimum atomic E-state index is -0.633. The lowest BCUT2D eigenvalue weighted by Crippen LogP contribution is -2.24. The molecule has 3 nitrogen and oxygen atoms in total. The molecule has 0 aromatic heterocycles. The lowest BCUT2D eigenvalue weighted by atomic mass is 10.1. The van der Waals surface area contributed by atoms with Gasteiger partial charge < -0.3 is 9.84 Å². The van der Waals surface area contributed by atoms with Gasteiger partial charge in [0.2, 0.25) is 0 Å². The molecule has 1 N–H and O–H groups in total. The third-order valence-electron chi connectivity index (χ3n) is 1.84. The van der Waals surface area contributed by atoms with Crippen molar-refractivity contribution < 1.29 is 14.6 Å². The molecule has 62 valence electrons. The topological polar surface area (TPSA) is 46.5 Å². The van der Waals surface area contributed by atoms with Crippen molar-refractivity contribution in [2.24, 2.45) is 0 Å². The molecule has 0 aromatic carbocycles. The van der Waals surface area contributed by atoms with Gasteiger partial charge in [0.05, 0.1) is 12.2 Å². The smallest absolute Gasteiger partial charge is 0.155 e. The second-order valence-corrected chi connectivity index (χ2v) is 2.63. The fourth-order valence-corrected chi connectivity index (χ4v) is 1.13. The van der Waals surface area contributed by atoms with Crippen molar-refractivity contribution in [3.63, 3.8) is 0 Å². The number of carbonyl (C=O) groups excluding carboxylic acids is 1. The van der Waals surface area contributed by atoms with E-state index in [1.807, 2.05) is 0 Å². The maximum Gasteiger partial charge on any atom is 0.155 e. The summed E-state index contributed by atoms with van der Waals surface area (Å²) in [6.07, 6.45) is 3.12. The molecule has 0 bridgehead atoms. The molecule has 1 rings (SSSR count). The predicted molar refractivity (Wildman–Crippen MR) is 40.2 cm³/mol. The van der Waals surface area contributed by atoms with Crippen LogP contribution in [0.4, 0.5) is 0 Å². The van der Waals surface area contributed by atoms with Crippen molar-refractivity contribution in [2.75, 3.05) is 7.11 Å². The van der Waals surface area contributed by atoms with E-state index in [1.54, 1.807) is 0 Å². The molecule has 1 aliphatic rings. The molecule has 2 unspecified atom stereocenters. The quantitative estimate of drug-likeness (QED) is 0.593. The molecule has 0 amide bonds. The minimum Gasteiger partial charge on any atom is -0.386 e. The zero-order valence-corrected chi connectivity index (χ0v) is 6.49. The molecule has 0 heterocycles. The lowest BCUT2D eigenvalue weighted by Gasteiger charge is -2.15. The first-order valence-corrected chi connectivity index (χ1v) is 3.66. The maximum absolute atomic E-state index is 10.8. The minimum absolute atomic E-state index is 0.0589. The highest BCUT2D eigenvalue weighted by Crippen LogP contribution is 2.12. The Labute approximate surface area is 65.7 Å². The molecule has 0 fully saturated rings. The van der Waals surface area contributed by atoms with Crippen LogP contribution in [-0.4, -0.2) is 30.2 Å². The number of methoxy groups -OCH3 is 1. The van der Waals surface area contributed by atoms with Gasteiger partial charge in [-0.15, -0.1) is 0 Å². The second kappa shape index (κ2) is 3.64. The molecule has 0 aliphatic heterocycles. The first-order chi connectivity index (χ1) is 5.24. The van der Waals surface area contributed by atoms with Gasteiger partial charge in [-0.1, -0.05) is 6.08 Å². The monoisotopic (exact) mass is 156 g/mol. The van der Waals surface area contributed by atoms with Crippen LogP contribution in [0.3, 0.4) is 0 Å². The van der Waals surface area contributed by atoms with Crippen molar-refractivity contribution in [3.05, 3.63) is 12.2 Å². The molecule has 11 heavy (non-hydrogen) atoms. The van der Waals surface area contributed by atoms with Gasteiger partial charge >= 0.3 is 0 Å². The van der Waals surface area contributed by atoms with E-state index in [9.17, 15) is 9.90 Å². The first-order valence-electron chi connectivity index (χ1n) is 3.66. The SMILES string of the molecule is COC1CCC(=O)C=CC1O. The number of allylic oxidation sites excluding steroid dienone is 1. The van der Waals surface area contributed by atoms with Gasteiger partial charge in [-0.3, -0.25) is 4.79 Å². The van der Waals surface area contributed by atoms with E-state index in [4.69, 9.17) is 4.74 Å². The van der Waals surface area contributed by atoms with Gasteiger partial charge in [-0.25, -0.2) is 0 Å². The van der Waals surface area contributed by atoms with E-state index in [-0.39, 0.29) is 11.9 Å². The summed E-state index contributed by atoms with van der Waals surface area (Å²) in [5.74, 6) is 0.0589. The number of aliphatic hydroxyl groups is 1. The molecule has 0 radical (unpaired) electrons. The van der Waals surface area contributed by atoms with Crippen molar-refractivity contribution in [1.29, 1.82) is 0 Å². The predicted octanol–water partition coefficient (Wildman–Crippen LogP) is 0.281. The molecular formula is C8H12O3. The van der Waals surface area contributed by atoms with E-state index in [1.165, 1.54) is 19.3 Å². The zero-order chi connectivity index (χ0) is 8.27. The fourth-order valence-electron chi connectivity index (χ4n) is 1.13. The van der Waals surface area contributed by atoms with Crippen LogP contribution in [0, 0.1) is 0 Å². The first kappa shape index (κ1) is 8.43. The number of carbonyl (C=O) groups is 1. The number of rotatable bonds is 1.